The lowest BCUT2D eigenvalue weighted by Crippen LogP contribution is -2.34. The summed E-state index contributed by atoms with van der Waals surface area (Å²) in [4.78, 5) is 20.9. The predicted molar refractivity (Wildman–Crippen MR) is 83.3 cm³/mol. The molecule has 3 N–H and O–H groups in total. The molecule has 21 heavy (non-hydrogen) atoms. The van der Waals surface area contributed by atoms with E-state index in [-0.39, 0.29) is 17.9 Å². The normalized spacial score (nSPS) is 25.4. The molecule has 5 nitrogen and oxygen atoms in total. The largest absolute Gasteiger partial charge is 0.328 e. The Bertz CT molecular complexity index is 559. The summed E-state index contributed by atoms with van der Waals surface area (Å²) >= 11 is 0. The summed E-state index contributed by atoms with van der Waals surface area (Å²) in [5, 5.41) is 2.98. The molecule has 1 atom stereocenters. The summed E-state index contributed by atoms with van der Waals surface area (Å²) in [7, 11) is 0. The van der Waals surface area contributed by atoms with Gasteiger partial charge in [-0.15, -0.1) is 0 Å². The first-order valence-corrected chi connectivity index (χ1v) is 7.69. The average Bonchev–Trinajstić information content (AvgIpc) is 2.97. The van der Waals surface area contributed by atoms with Gasteiger partial charge in [0, 0.05) is 29.9 Å². The number of pyridine rings is 1. The molecule has 3 rings (SSSR count). The molecule has 1 unspecified atom stereocenters. The molecule has 1 saturated carbocycles. The van der Waals surface area contributed by atoms with E-state index in [1.165, 1.54) is 0 Å². The maximum Gasteiger partial charge on any atom is 0.228 e. The first-order chi connectivity index (χ1) is 10.1. The van der Waals surface area contributed by atoms with Crippen LogP contribution in [-0.2, 0) is 11.3 Å². The van der Waals surface area contributed by atoms with Gasteiger partial charge in [0.15, 0.2) is 0 Å². The number of carbonyl (C=O) groups excluding carboxylic acids is 1. The quantitative estimate of drug-likeness (QED) is 0.893. The first kappa shape index (κ1) is 14.2. The number of hydrogen-bond acceptors (Lipinski definition) is 4. The van der Waals surface area contributed by atoms with Crippen LogP contribution in [0.1, 0.15) is 43.7 Å². The molecule has 0 aromatic carbocycles. The Morgan fingerprint density at radius 1 is 1.38 bits per heavy atom. The molecule has 1 amide bonds. The third-order valence-corrected chi connectivity index (χ3v) is 4.69. The van der Waals surface area contributed by atoms with E-state index in [1.807, 2.05) is 6.07 Å². The average molecular weight is 286 g/mol. The van der Waals surface area contributed by atoms with Crippen LogP contribution in [0.2, 0.25) is 0 Å². The number of aliphatic imine (C=N–C) groups is 1. The van der Waals surface area contributed by atoms with Crippen molar-refractivity contribution in [3.63, 3.8) is 0 Å². The molecule has 1 aromatic heterocycles. The van der Waals surface area contributed by atoms with E-state index in [4.69, 9.17) is 5.73 Å². The smallest absolute Gasteiger partial charge is 0.228 e. The van der Waals surface area contributed by atoms with Gasteiger partial charge >= 0.3 is 0 Å². The van der Waals surface area contributed by atoms with Crippen LogP contribution in [0.5, 0.6) is 0 Å². The first-order valence-electron chi connectivity index (χ1n) is 7.69. The summed E-state index contributed by atoms with van der Waals surface area (Å²) < 4.78 is 0. The SMILES string of the molecule is CC(N)C1CCC(C(=O)Nc2nccc3c2C=NC3)CC1. The van der Waals surface area contributed by atoms with Crippen LogP contribution in [0.4, 0.5) is 5.82 Å². The van der Waals surface area contributed by atoms with E-state index in [2.05, 4.69) is 22.2 Å². The van der Waals surface area contributed by atoms with Gasteiger partial charge in [-0.2, -0.15) is 0 Å². The fourth-order valence-electron chi connectivity index (χ4n) is 3.26. The van der Waals surface area contributed by atoms with Crippen molar-refractivity contribution in [1.82, 2.24) is 4.98 Å². The molecule has 0 bridgehead atoms. The van der Waals surface area contributed by atoms with Crippen molar-refractivity contribution in [2.75, 3.05) is 5.32 Å². The van der Waals surface area contributed by atoms with E-state index >= 15 is 0 Å². The molecule has 5 heteroatoms. The molecule has 1 aliphatic carbocycles. The molecule has 1 aliphatic heterocycles. The summed E-state index contributed by atoms with van der Waals surface area (Å²) in [6.45, 7) is 2.74. The third kappa shape index (κ3) is 2.97. The molecule has 1 aromatic rings. The number of hydrogen-bond donors (Lipinski definition) is 2. The Kier molecular flexibility index (Phi) is 4.01. The van der Waals surface area contributed by atoms with E-state index < -0.39 is 0 Å². The molecule has 0 spiro atoms. The maximum absolute atomic E-state index is 12.4. The second-order valence-electron chi connectivity index (χ2n) is 6.16. The number of fused-ring (bicyclic) bond motifs is 1. The second kappa shape index (κ2) is 5.93. The zero-order valence-electron chi connectivity index (χ0n) is 12.4. The highest BCUT2D eigenvalue weighted by molar-refractivity contribution is 5.98. The fourth-order valence-corrected chi connectivity index (χ4v) is 3.26. The fraction of sp³-hybridized carbons (Fsp3) is 0.562. The van der Waals surface area contributed by atoms with E-state index in [0.29, 0.717) is 18.3 Å². The number of nitrogens with two attached hydrogens (primary N) is 1. The molecular formula is C16H22N4O. The number of amides is 1. The zero-order valence-corrected chi connectivity index (χ0v) is 12.4. The van der Waals surface area contributed by atoms with Gasteiger partial charge < -0.3 is 11.1 Å². The van der Waals surface area contributed by atoms with Crippen molar-refractivity contribution >= 4 is 17.9 Å². The second-order valence-corrected chi connectivity index (χ2v) is 6.16. The Morgan fingerprint density at radius 2 is 2.14 bits per heavy atom. The van der Waals surface area contributed by atoms with Crippen LogP contribution in [-0.4, -0.2) is 23.1 Å². The van der Waals surface area contributed by atoms with Gasteiger partial charge in [0.1, 0.15) is 5.82 Å². The molecule has 0 saturated heterocycles. The lowest BCUT2D eigenvalue weighted by atomic mass is 9.79. The van der Waals surface area contributed by atoms with E-state index in [1.54, 1.807) is 12.4 Å². The highest BCUT2D eigenvalue weighted by Crippen LogP contribution is 2.31. The number of nitrogens with one attached hydrogen (secondary N) is 1. The molecule has 0 radical (unpaired) electrons. The maximum atomic E-state index is 12.4. The van der Waals surface area contributed by atoms with Gasteiger partial charge in [-0.1, -0.05) is 0 Å². The molecule has 2 heterocycles. The zero-order chi connectivity index (χ0) is 14.8. The highest BCUT2D eigenvalue weighted by atomic mass is 16.1. The van der Waals surface area contributed by atoms with Crippen molar-refractivity contribution in [3.05, 3.63) is 23.4 Å². The standard InChI is InChI=1S/C16H22N4O/c1-10(17)11-2-4-12(5-3-11)16(21)20-15-14-9-18-8-13(14)6-7-19-15/h6-7,9-12H,2-5,8,17H2,1H3,(H,19,20,21). The van der Waals surface area contributed by atoms with Gasteiger partial charge in [0.25, 0.3) is 0 Å². The van der Waals surface area contributed by atoms with Crippen LogP contribution in [0.15, 0.2) is 17.3 Å². The van der Waals surface area contributed by atoms with Crippen molar-refractivity contribution < 1.29 is 4.79 Å². The Morgan fingerprint density at radius 3 is 2.86 bits per heavy atom. The van der Waals surface area contributed by atoms with Crippen molar-refractivity contribution in [2.45, 2.75) is 45.2 Å². The molecule has 2 aliphatic rings. The Hall–Kier alpha value is -1.75. The minimum absolute atomic E-state index is 0.0796. The Labute approximate surface area is 125 Å². The number of rotatable bonds is 3. The lowest BCUT2D eigenvalue weighted by molar-refractivity contribution is -0.121. The van der Waals surface area contributed by atoms with Crippen molar-refractivity contribution in [3.8, 4) is 0 Å². The predicted octanol–water partition coefficient (Wildman–Crippen LogP) is 2.11. The third-order valence-electron chi connectivity index (χ3n) is 4.69. The van der Waals surface area contributed by atoms with Gasteiger partial charge in [-0.25, -0.2) is 4.98 Å². The van der Waals surface area contributed by atoms with Gasteiger partial charge in [-0.05, 0) is 50.2 Å². The van der Waals surface area contributed by atoms with Gasteiger partial charge in [0.05, 0.1) is 6.54 Å². The molecule has 1 fully saturated rings. The molecular weight excluding hydrogens is 264 g/mol. The minimum atomic E-state index is 0.0796. The lowest BCUT2D eigenvalue weighted by Gasteiger charge is -2.29. The topological polar surface area (TPSA) is 80.4 Å². The van der Waals surface area contributed by atoms with Crippen molar-refractivity contribution in [2.24, 2.45) is 22.6 Å². The van der Waals surface area contributed by atoms with Crippen LogP contribution in [0.3, 0.4) is 0 Å². The monoisotopic (exact) mass is 286 g/mol. The summed E-state index contributed by atoms with van der Waals surface area (Å²) in [6, 6.07) is 2.18. The number of aromatic nitrogens is 1. The summed E-state index contributed by atoms with van der Waals surface area (Å²) in [5.74, 6) is 1.36. The number of anilines is 1. The summed E-state index contributed by atoms with van der Waals surface area (Å²) in [5.41, 5.74) is 8.03. The Balaban J connectivity index is 1.63. The van der Waals surface area contributed by atoms with E-state index in [0.717, 1.165) is 36.8 Å². The summed E-state index contributed by atoms with van der Waals surface area (Å²) in [6.07, 6.45) is 7.44. The van der Waals surface area contributed by atoms with Gasteiger partial charge in [-0.3, -0.25) is 9.79 Å². The van der Waals surface area contributed by atoms with Crippen LogP contribution in [0, 0.1) is 11.8 Å². The molecule has 112 valence electrons. The van der Waals surface area contributed by atoms with Crippen molar-refractivity contribution in [1.29, 1.82) is 0 Å². The minimum Gasteiger partial charge on any atom is -0.328 e. The van der Waals surface area contributed by atoms with Crippen LogP contribution < -0.4 is 11.1 Å². The number of nitrogens with zero attached hydrogens (tertiary/aromatic N) is 2. The van der Waals surface area contributed by atoms with Crippen LogP contribution >= 0.6 is 0 Å². The van der Waals surface area contributed by atoms with Gasteiger partial charge in [0.2, 0.25) is 5.91 Å². The number of carbonyl (C=O) groups is 1. The van der Waals surface area contributed by atoms with Crippen LogP contribution in [0.25, 0.3) is 0 Å². The highest BCUT2D eigenvalue weighted by Gasteiger charge is 2.28. The van der Waals surface area contributed by atoms with E-state index in [9.17, 15) is 4.79 Å².